The molecule has 0 bridgehead atoms. The molecule has 2 atom stereocenters. The molecule has 0 saturated heterocycles. The Morgan fingerprint density at radius 3 is 3.00 bits per heavy atom. The van der Waals surface area contributed by atoms with E-state index in [9.17, 15) is 9.90 Å². The maximum atomic E-state index is 11.3. The largest absolute Gasteiger partial charge is 0.488 e. The second-order valence-electron chi connectivity index (χ2n) is 4.55. The first kappa shape index (κ1) is 10.6. The molecule has 1 heterocycles. The third-order valence-corrected chi connectivity index (χ3v) is 3.36. The van der Waals surface area contributed by atoms with Gasteiger partial charge in [-0.3, -0.25) is 0 Å². The minimum atomic E-state index is -0.374. The Morgan fingerprint density at radius 2 is 2.24 bits per heavy atom. The van der Waals surface area contributed by atoms with Crippen LogP contribution in [0, 0.1) is 0 Å². The lowest BCUT2D eigenvalue weighted by atomic mass is 10.1. The number of aliphatic hydroxyl groups is 1. The van der Waals surface area contributed by atoms with E-state index >= 15 is 0 Å². The third kappa shape index (κ3) is 1.89. The Kier molecular flexibility index (Phi) is 2.52. The van der Waals surface area contributed by atoms with Gasteiger partial charge in [0.05, 0.1) is 11.7 Å². The summed E-state index contributed by atoms with van der Waals surface area (Å²) in [5.41, 5.74) is 1.48. The molecule has 0 radical (unpaired) electrons. The maximum Gasteiger partial charge on any atom is 0.338 e. The highest BCUT2D eigenvalue weighted by molar-refractivity contribution is 5.93. The number of rotatable bonds is 2. The Morgan fingerprint density at radius 1 is 1.35 bits per heavy atom. The fourth-order valence-electron chi connectivity index (χ4n) is 2.40. The summed E-state index contributed by atoms with van der Waals surface area (Å²) in [4.78, 5) is 11.3. The number of benzene rings is 1. The van der Waals surface area contributed by atoms with Gasteiger partial charge < -0.3 is 14.6 Å². The molecular weight excluding hydrogens is 220 g/mol. The van der Waals surface area contributed by atoms with E-state index < -0.39 is 0 Å². The zero-order chi connectivity index (χ0) is 11.8. The molecule has 2 aliphatic rings. The summed E-state index contributed by atoms with van der Waals surface area (Å²) in [6.45, 7) is 0.318. The van der Waals surface area contributed by atoms with Gasteiger partial charge in [-0.25, -0.2) is 4.79 Å². The summed E-state index contributed by atoms with van der Waals surface area (Å²) in [5.74, 6) is 0.431. The molecule has 1 aromatic carbocycles. The molecule has 4 nitrogen and oxygen atoms in total. The van der Waals surface area contributed by atoms with Gasteiger partial charge in [-0.1, -0.05) is 0 Å². The van der Waals surface area contributed by atoms with Gasteiger partial charge in [0.25, 0.3) is 0 Å². The Balaban J connectivity index is 1.78. The molecule has 1 aliphatic carbocycles. The van der Waals surface area contributed by atoms with Gasteiger partial charge in [0.2, 0.25) is 0 Å². The van der Waals surface area contributed by atoms with E-state index in [1.165, 1.54) is 0 Å². The molecule has 4 heteroatoms. The Bertz CT molecular complexity index is 455. The lowest BCUT2D eigenvalue weighted by Crippen LogP contribution is -2.25. The minimum Gasteiger partial charge on any atom is -0.488 e. The number of carbonyl (C=O) groups excluding carboxylic acids is 1. The highest BCUT2D eigenvalue weighted by atomic mass is 16.5. The van der Waals surface area contributed by atoms with Crippen LogP contribution < -0.4 is 4.74 Å². The molecule has 1 fully saturated rings. The van der Waals surface area contributed by atoms with Gasteiger partial charge in [-0.2, -0.15) is 0 Å². The zero-order valence-corrected chi connectivity index (χ0v) is 9.39. The number of cyclic esters (lactones) is 1. The van der Waals surface area contributed by atoms with Gasteiger partial charge in [0.1, 0.15) is 18.5 Å². The monoisotopic (exact) mass is 234 g/mol. The predicted octanol–water partition coefficient (Wildman–Crippen LogP) is 1.65. The zero-order valence-electron chi connectivity index (χ0n) is 9.39. The fraction of sp³-hybridized carbons (Fsp3) is 0.462. The predicted molar refractivity (Wildman–Crippen MR) is 59.8 cm³/mol. The molecule has 1 N–H and O–H groups in total. The van der Waals surface area contributed by atoms with Crippen LogP contribution in [0.3, 0.4) is 0 Å². The first-order chi connectivity index (χ1) is 8.24. The van der Waals surface area contributed by atoms with Crippen molar-refractivity contribution in [1.29, 1.82) is 0 Å². The second-order valence-corrected chi connectivity index (χ2v) is 4.55. The molecule has 1 aromatic rings. The average molecular weight is 234 g/mol. The first-order valence-corrected chi connectivity index (χ1v) is 5.89. The Hall–Kier alpha value is -1.55. The van der Waals surface area contributed by atoms with Crippen molar-refractivity contribution in [2.45, 2.75) is 38.1 Å². The summed E-state index contributed by atoms with van der Waals surface area (Å²) in [6.07, 6.45) is 2.19. The van der Waals surface area contributed by atoms with Crippen molar-refractivity contribution in [3.05, 3.63) is 29.3 Å². The molecule has 90 valence electrons. The van der Waals surface area contributed by atoms with Gasteiger partial charge in [-0.05, 0) is 37.5 Å². The molecule has 2 unspecified atom stereocenters. The van der Waals surface area contributed by atoms with Crippen molar-refractivity contribution in [3.8, 4) is 5.75 Å². The van der Waals surface area contributed by atoms with Gasteiger partial charge in [0.15, 0.2) is 0 Å². The van der Waals surface area contributed by atoms with Gasteiger partial charge in [0, 0.05) is 5.56 Å². The first-order valence-electron chi connectivity index (χ1n) is 5.89. The molecule has 1 aliphatic heterocycles. The number of esters is 1. The highest BCUT2D eigenvalue weighted by Crippen LogP contribution is 2.28. The van der Waals surface area contributed by atoms with E-state index in [4.69, 9.17) is 9.47 Å². The minimum absolute atomic E-state index is 0.119. The van der Waals surface area contributed by atoms with Crippen molar-refractivity contribution in [2.75, 3.05) is 0 Å². The Labute approximate surface area is 99.2 Å². The molecule has 3 rings (SSSR count). The third-order valence-electron chi connectivity index (χ3n) is 3.36. The number of ether oxygens (including phenoxy) is 2. The smallest absolute Gasteiger partial charge is 0.338 e. The van der Waals surface area contributed by atoms with Crippen LogP contribution in [-0.2, 0) is 11.3 Å². The van der Waals surface area contributed by atoms with E-state index in [0.717, 1.165) is 24.8 Å². The highest BCUT2D eigenvalue weighted by Gasteiger charge is 2.28. The molecular formula is C13H14O4. The lowest BCUT2D eigenvalue weighted by molar-refractivity contribution is 0.0534. The van der Waals surface area contributed by atoms with E-state index in [0.29, 0.717) is 17.9 Å². The topological polar surface area (TPSA) is 55.8 Å². The summed E-state index contributed by atoms with van der Waals surface area (Å²) in [6, 6.07) is 5.31. The van der Waals surface area contributed by atoms with Gasteiger partial charge in [-0.15, -0.1) is 0 Å². The number of aliphatic hydroxyl groups excluding tert-OH is 1. The fourth-order valence-corrected chi connectivity index (χ4v) is 2.40. The summed E-state index contributed by atoms with van der Waals surface area (Å²) in [5, 5.41) is 9.68. The van der Waals surface area contributed by atoms with Crippen LogP contribution in [-0.4, -0.2) is 23.3 Å². The molecule has 0 amide bonds. The van der Waals surface area contributed by atoms with Crippen molar-refractivity contribution >= 4 is 5.97 Å². The van der Waals surface area contributed by atoms with Crippen LogP contribution in [0.25, 0.3) is 0 Å². The van der Waals surface area contributed by atoms with E-state index in [-0.39, 0.29) is 18.2 Å². The van der Waals surface area contributed by atoms with E-state index in [2.05, 4.69) is 0 Å². The van der Waals surface area contributed by atoms with Gasteiger partial charge >= 0.3 is 5.97 Å². The lowest BCUT2D eigenvalue weighted by Gasteiger charge is -2.17. The summed E-state index contributed by atoms with van der Waals surface area (Å²) >= 11 is 0. The molecule has 17 heavy (non-hydrogen) atoms. The number of hydrogen-bond acceptors (Lipinski definition) is 4. The molecule has 1 saturated carbocycles. The summed E-state index contributed by atoms with van der Waals surface area (Å²) < 4.78 is 10.7. The van der Waals surface area contributed by atoms with Crippen LogP contribution in [0.15, 0.2) is 18.2 Å². The van der Waals surface area contributed by atoms with E-state index in [1.54, 1.807) is 12.1 Å². The van der Waals surface area contributed by atoms with Crippen molar-refractivity contribution in [3.63, 3.8) is 0 Å². The van der Waals surface area contributed by atoms with E-state index in [1.807, 2.05) is 6.07 Å². The van der Waals surface area contributed by atoms with Crippen molar-refractivity contribution in [1.82, 2.24) is 0 Å². The maximum absolute atomic E-state index is 11.3. The molecule has 0 aromatic heterocycles. The second kappa shape index (κ2) is 4.04. The molecule has 0 spiro atoms. The van der Waals surface area contributed by atoms with Crippen molar-refractivity contribution < 1.29 is 19.4 Å². The summed E-state index contributed by atoms with van der Waals surface area (Å²) in [7, 11) is 0. The standard InChI is InChI=1S/C13H14O4/c14-11-2-1-3-12(11)17-9-4-5-10-8(6-9)7-16-13(10)15/h4-6,11-12,14H,1-3,7H2. The van der Waals surface area contributed by atoms with Crippen LogP contribution >= 0.6 is 0 Å². The van der Waals surface area contributed by atoms with Crippen LogP contribution in [0.1, 0.15) is 35.2 Å². The normalized spacial score (nSPS) is 26.8. The number of hydrogen-bond donors (Lipinski definition) is 1. The number of fused-ring (bicyclic) bond motifs is 1. The quantitative estimate of drug-likeness (QED) is 0.790. The number of carbonyl (C=O) groups is 1. The SMILES string of the molecule is O=C1OCc2cc(OC3CCCC3O)ccc21. The van der Waals surface area contributed by atoms with Crippen molar-refractivity contribution in [2.24, 2.45) is 0 Å². The van der Waals surface area contributed by atoms with Crippen LogP contribution in [0.5, 0.6) is 5.75 Å². The average Bonchev–Trinajstić information content (AvgIpc) is 2.87. The van der Waals surface area contributed by atoms with Crippen LogP contribution in [0.4, 0.5) is 0 Å². The van der Waals surface area contributed by atoms with Crippen LogP contribution in [0.2, 0.25) is 0 Å².